The summed E-state index contributed by atoms with van der Waals surface area (Å²) >= 11 is 0. The fraction of sp³-hybridized carbons (Fsp3) is 0.300. The van der Waals surface area contributed by atoms with Gasteiger partial charge in [-0.1, -0.05) is 24.3 Å². The van der Waals surface area contributed by atoms with Gasteiger partial charge in [0.15, 0.2) is 5.96 Å². The summed E-state index contributed by atoms with van der Waals surface area (Å²) in [4.78, 5) is 8.47. The minimum absolute atomic E-state index is 0.619. The van der Waals surface area contributed by atoms with Crippen molar-refractivity contribution in [1.29, 1.82) is 0 Å². The Morgan fingerprint density at radius 2 is 2.04 bits per heavy atom. The number of para-hydroxylation sites is 1. The molecule has 3 rings (SSSR count). The summed E-state index contributed by atoms with van der Waals surface area (Å²) in [6, 6.07) is 14.5. The molecule has 2 aromatic heterocycles. The molecule has 2 heterocycles. The molecule has 0 aliphatic carbocycles. The Morgan fingerprint density at radius 3 is 2.81 bits per heavy atom. The lowest BCUT2D eigenvalue weighted by Gasteiger charge is -2.12. The Balaban J connectivity index is 1.42. The van der Waals surface area contributed by atoms with E-state index >= 15 is 0 Å². The minimum atomic E-state index is 0.619. The molecule has 0 amide bonds. The van der Waals surface area contributed by atoms with Crippen LogP contribution in [0.5, 0.6) is 5.88 Å². The third-order valence-electron chi connectivity index (χ3n) is 4.24. The van der Waals surface area contributed by atoms with Gasteiger partial charge >= 0.3 is 0 Å². The largest absolute Gasteiger partial charge is 0.481 e. The Hall–Kier alpha value is -3.02. The van der Waals surface area contributed by atoms with E-state index in [1.165, 1.54) is 10.9 Å². The summed E-state index contributed by atoms with van der Waals surface area (Å²) in [7, 11) is 3.39. The Kier molecular flexibility index (Phi) is 6.09. The number of aromatic nitrogens is 2. The van der Waals surface area contributed by atoms with Gasteiger partial charge in [0.05, 0.1) is 7.11 Å². The topological polar surface area (TPSA) is 63.5 Å². The van der Waals surface area contributed by atoms with Crippen LogP contribution in [0.2, 0.25) is 0 Å². The number of hydrogen-bond donors (Lipinski definition) is 2. The molecule has 0 unspecified atom stereocenters. The van der Waals surface area contributed by atoms with E-state index < -0.39 is 0 Å². The first kappa shape index (κ1) is 17.8. The number of aliphatic imine (C=N–C) groups is 1. The van der Waals surface area contributed by atoms with Crippen LogP contribution in [0.25, 0.3) is 10.9 Å². The lowest BCUT2D eigenvalue weighted by Crippen LogP contribution is -2.37. The molecule has 136 valence electrons. The zero-order valence-corrected chi connectivity index (χ0v) is 15.3. The monoisotopic (exact) mass is 351 g/mol. The van der Waals surface area contributed by atoms with Crippen LogP contribution in [0.15, 0.2) is 59.9 Å². The van der Waals surface area contributed by atoms with Crippen molar-refractivity contribution in [3.63, 3.8) is 0 Å². The highest BCUT2D eigenvalue weighted by Crippen LogP contribution is 2.15. The number of nitrogens with zero attached hydrogens (tertiary/aromatic N) is 3. The van der Waals surface area contributed by atoms with Crippen molar-refractivity contribution in [3.8, 4) is 5.88 Å². The van der Waals surface area contributed by atoms with Crippen molar-refractivity contribution in [1.82, 2.24) is 20.2 Å². The maximum absolute atomic E-state index is 5.07. The molecule has 0 atom stereocenters. The van der Waals surface area contributed by atoms with Gasteiger partial charge in [-0.25, -0.2) is 4.98 Å². The first-order valence-corrected chi connectivity index (χ1v) is 8.77. The fourth-order valence-corrected chi connectivity index (χ4v) is 2.83. The highest BCUT2D eigenvalue weighted by atomic mass is 16.5. The normalized spacial score (nSPS) is 11.5. The average molecular weight is 351 g/mol. The van der Waals surface area contributed by atoms with Gasteiger partial charge in [0.25, 0.3) is 0 Å². The van der Waals surface area contributed by atoms with Crippen LogP contribution in [0, 0.1) is 0 Å². The standard InChI is InChI=1S/C20H25N5O/c1-21-20(24-15-16-8-9-19(26-2)23-14-16)22-11-5-12-25-13-10-17-6-3-4-7-18(17)25/h3-4,6-10,13-14H,5,11-12,15H2,1-2H3,(H2,21,22,24). The molecule has 2 N–H and O–H groups in total. The van der Waals surface area contributed by atoms with Crippen molar-refractivity contribution in [2.75, 3.05) is 20.7 Å². The second-order valence-electron chi connectivity index (χ2n) is 5.98. The molecular weight excluding hydrogens is 326 g/mol. The summed E-state index contributed by atoms with van der Waals surface area (Å²) in [5.74, 6) is 1.41. The van der Waals surface area contributed by atoms with Crippen LogP contribution in [-0.4, -0.2) is 36.2 Å². The van der Waals surface area contributed by atoms with Crippen LogP contribution in [0.1, 0.15) is 12.0 Å². The van der Waals surface area contributed by atoms with Gasteiger partial charge in [0, 0.05) is 50.7 Å². The molecule has 6 nitrogen and oxygen atoms in total. The summed E-state index contributed by atoms with van der Waals surface area (Å²) in [5, 5.41) is 7.93. The van der Waals surface area contributed by atoms with Crippen LogP contribution in [-0.2, 0) is 13.1 Å². The van der Waals surface area contributed by atoms with Gasteiger partial charge in [0.2, 0.25) is 5.88 Å². The highest BCUT2D eigenvalue weighted by molar-refractivity contribution is 5.80. The molecular formula is C20H25N5O. The second kappa shape index (κ2) is 8.89. The fourth-order valence-electron chi connectivity index (χ4n) is 2.83. The summed E-state index contributed by atoms with van der Waals surface area (Å²) < 4.78 is 7.36. The smallest absolute Gasteiger partial charge is 0.212 e. The number of fused-ring (bicyclic) bond motifs is 1. The third kappa shape index (κ3) is 4.53. The van der Waals surface area contributed by atoms with Crippen LogP contribution in [0.3, 0.4) is 0 Å². The lowest BCUT2D eigenvalue weighted by atomic mass is 10.2. The summed E-state index contributed by atoms with van der Waals surface area (Å²) in [5.41, 5.74) is 2.36. The van der Waals surface area contributed by atoms with Crippen LogP contribution in [0.4, 0.5) is 0 Å². The quantitative estimate of drug-likeness (QED) is 0.390. The second-order valence-corrected chi connectivity index (χ2v) is 5.98. The van der Waals surface area contributed by atoms with Crippen molar-refractivity contribution < 1.29 is 4.74 Å². The molecule has 1 aromatic carbocycles. The third-order valence-corrected chi connectivity index (χ3v) is 4.24. The molecule has 6 heteroatoms. The van der Waals surface area contributed by atoms with E-state index in [2.05, 4.69) is 61.7 Å². The molecule has 0 fully saturated rings. The summed E-state index contributed by atoms with van der Waals surface area (Å²) in [6.07, 6.45) is 4.97. The maximum Gasteiger partial charge on any atom is 0.212 e. The number of pyridine rings is 1. The molecule has 0 aliphatic rings. The molecule has 0 saturated carbocycles. The summed E-state index contributed by atoms with van der Waals surface area (Å²) in [6.45, 7) is 2.49. The number of guanidine groups is 1. The Bertz CT molecular complexity index is 854. The van der Waals surface area contributed by atoms with E-state index in [-0.39, 0.29) is 0 Å². The van der Waals surface area contributed by atoms with Gasteiger partial charge in [-0.05, 0) is 29.5 Å². The molecule has 0 saturated heterocycles. The average Bonchev–Trinajstić information content (AvgIpc) is 3.11. The number of benzene rings is 1. The van der Waals surface area contributed by atoms with Gasteiger partial charge in [-0.3, -0.25) is 4.99 Å². The first-order chi connectivity index (χ1) is 12.8. The van der Waals surface area contributed by atoms with Crippen molar-refractivity contribution in [3.05, 3.63) is 60.4 Å². The number of rotatable bonds is 7. The molecule has 0 bridgehead atoms. The molecule has 26 heavy (non-hydrogen) atoms. The predicted octanol–water partition coefficient (Wildman–Crippen LogP) is 2.80. The van der Waals surface area contributed by atoms with Crippen LogP contribution >= 0.6 is 0 Å². The zero-order chi connectivity index (χ0) is 18.2. The van der Waals surface area contributed by atoms with Crippen LogP contribution < -0.4 is 15.4 Å². The lowest BCUT2D eigenvalue weighted by molar-refractivity contribution is 0.397. The van der Waals surface area contributed by atoms with Gasteiger partial charge in [-0.15, -0.1) is 0 Å². The molecule has 0 spiro atoms. The van der Waals surface area contributed by atoms with Gasteiger partial charge < -0.3 is 19.9 Å². The Labute approximate surface area is 153 Å². The maximum atomic E-state index is 5.07. The number of aryl methyl sites for hydroxylation is 1. The van der Waals surface area contributed by atoms with Gasteiger partial charge in [-0.2, -0.15) is 0 Å². The van der Waals surface area contributed by atoms with E-state index in [0.29, 0.717) is 12.4 Å². The zero-order valence-electron chi connectivity index (χ0n) is 15.3. The van der Waals surface area contributed by atoms with Crippen molar-refractivity contribution in [2.24, 2.45) is 4.99 Å². The van der Waals surface area contributed by atoms with Gasteiger partial charge in [0.1, 0.15) is 0 Å². The van der Waals surface area contributed by atoms with Crippen molar-refractivity contribution >= 4 is 16.9 Å². The SMILES string of the molecule is CN=C(NCCCn1ccc2ccccc21)NCc1ccc(OC)nc1. The van der Waals surface area contributed by atoms with E-state index in [4.69, 9.17) is 4.74 Å². The van der Waals surface area contributed by atoms with E-state index in [1.807, 2.05) is 12.1 Å². The van der Waals surface area contributed by atoms with E-state index in [9.17, 15) is 0 Å². The molecule has 0 aliphatic heterocycles. The van der Waals surface area contributed by atoms with Crippen molar-refractivity contribution in [2.45, 2.75) is 19.5 Å². The number of hydrogen-bond acceptors (Lipinski definition) is 3. The predicted molar refractivity (Wildman–Crippen MR) is 106 cm³/mol. The van der Waals surface area contributed by atoms with E-state index in [0.717, 1.165) is 31.0 Å². The highest BCUT2D eigenvalue weighted by Gasteiger charge is 2.01. The number of nitrogens with one attached hydrogen (secondary N) is 2. The minimum Gasteiger partial charge on any atom is -0.481 e. The first-order valence-electron chi connectivity index (χ1n) is 8.77. The Morgan fingerprint density at radius 1 is 1.15 bits per heavy atom. The number of methoxy groups -OCH3 is 1. The van der Waals surface area contributed by atoms with E-state index in [1.54, 1.807) is 20.4 Å². The molecule has 3 aromatic rings. The number of ether oxygens (including phenoxy) is 1. The molecule has 0 radical (unpaired) electrons.